The van der Waals surface area contributed by atoms with Gasteiger partial charge in [-0.1, -0.05) is 11.6 Å². The second kappa shape index (κ2) is 5.23. The summed E-state index contributed by atoms with van der Waals surface area (Å²) in [5.41, 5.74) is 1.62. The fourth-order valence-electron chi connectivity index (χ4n) is 1.72. The van der Waals surface area contributed by atoms with Gasteiger partial charge in [-0.15, -0.1) is 11.3 Å². The molecule has 1 fully saturated rings. The van der Waals surface area contributed by atoms with Crippen LogP contribution in [-0.2, 0) is 0 Å². The highest BCUT2D eigenvalue weighted by Gasteiger charge is 2.26. The first-order valence-corrected chi connectivity index (χ1v) is 7.90. The minimum Gasteiger partial charge on any atom is -0.298 e. The van der Waals surface area contributed by atoms with Crippen molar-refractivity contribution < 1.29 is 4.79 Å². The maximum absolute atomic E-state index is 12.1. The molecule has 1 aromatic carbocycles. The molecular weight excluding hydrogens is 348 g/mol. The predicted molar refractivity (Wildman–Crippen MR) is 81.2 cm³/mol. The van der Waals surface area contributed by atoms with Crippen molar-refractivity contribution in [2.75, 3.05) is 5.32 Å². The van der Waals surface area contributed by atoms with Gasteiger partial charge in [-0.3, -0.25) is 10.1 Å². The first-order chi connectivity index (χ1) is 9.13. The smallest absolute Gasteiger partial charge is 0.257 e. The molecule has 3 nitrogen and oxygen atoms in total. The van der Waals surface area contributed by atoms with Crippen LogP contribution in [0.5, 0.6) is 0 Å². The van der Waals surface area contributed by atoms with Crippen LogP contribution in [0.3, 0.4) is 0 Å². The standard InChI is InChI=1S/C13H10BrClN2OS/c14-9-4-3-8(5-10(9)15)12(18)17-13-16-11(6-19-13)7-1-2-7/h3-7H,1-2H2,(H,16,17,18). The van der Waals surface area contributed by atoms with E-state index in [4.69, 9.17) is 11.6 Å². The fourth-order valence-corrected chi connectivity index (χ4v) is 2.93. The van der Waals surface area contributed by atoms with Gasteiger partial charge in [0.05, 0.1) is 10.7 Å². The molecule has 0 saturated heterocycles. The van der Waals surface area contributed by atoms with E-state index in [2.05, 4.69) is 26.2 Å². The highest BCUT2D eigenvalue weighted by Crippen LogP contribution is 2.40. The van der Waals surface area contributed by atoms with Crippen molar-refractivity contribution in [3.63, 3.8) is 0 Å². The van der Waals surface area contributed by atoms with E-state index in [0.717, 1.165) is 10.2 Å². The number of rotatable bonds is 3. The first-order valence-electron chi connectivity index (χ1n) is 5.85. The Morgan fingerprint density at radius 2 is 2.26 bits per heavy atom. The van der Waals surface area contributed by atoms with Crippen molar-refractivity contribution in [1.29, 1.82) is 0 Å². The second-order valence-corrected chi connectivity index (χ2v) is 6.55. The highest BCUT2D eigenvalue weighted by atomic mass is 79.9. The number of benzene rings is 1. The van der Waals surface area contributed by atoms with Gasteiger partial charge in [0.25, 0.3) is 5.91 Å². The largest absolute Gasteiger partial charge is 0.298 e. The number of hydrogen-bond donors (Lipinski definition) is 1. The Labute approximate surface area is 128 Å². The highest BCUT2D eigenvalue weighted by molar-refractivity contribution is 9.10. The van der Waals surface area contributed by atoms with E-state index in [1.807, 2.05) is 5.38 Å². The lowest BCUT2D eigenvalue weighted by Crippen LogP contribution is -2.11. The van der Waals surface area contributed by atoms with Crippen LogP contribution >= 0.6 is 38.9 Å². The van der Waals surface area contributed by atoms with Crippen molar-refractivity contribution in [2.24, 2.45) is 0 Å². The molecule has 3 rings (SSSR count). The molecule has 0 bridgehead atoms. The lowest BCUT2D eigenvalue weighted by Gasteiger charge is -2.03. The van der Waals surface area contributed by atoms with Gasteiger partial charge in [0.2, 0.25) is 0 Å². The van der Waals surface area contributed by atoms with E-state index in [1.54, 1.807) is 18.2 Å². The quantitative estimate of drug-likeness (QED) is 0.866. The van der Waals surface area contributed by atoms with E-state index in [9.17, 15) is 4.79 Å². The lowest BCUT2D eigenvalue weighted by atomic mass is 10.2. The number of nitrogens with one attached hydrogen (secondary N) is 1. The van der Waals surface area contributed by atoms with E-state index >= 15 is 0 Å². The molecule has 0 radical (unpaired) electrons. The van der Waals surface area contributed by atoms with Gasteiger partial charge in [0.15, 0.2) is 5.13 Å². The third kappa shape index (κ3) is 2.99. The molecule has 1 aliphatic carbocycles. The van der Waals surface area contributed by atoms with Gasteiger partial charge in [-0.25, -0.2) is 4.98 Å². The average Bonchev–Trinajstić information content (AvgIpc) is 3.14. The van der Waals surface area contributed by atoms with E-state index in [1.165, 1.54) is 24.2 Å². The zero-order valence-electron chi connectivity index (χ0n) is 9.82. The molecule has 1 amide bonds. The summed E-state index contributed by atoms with van der Waals surface area (Å²) in [5, 5.41) is 5.98. The van der Waals surface area contributed by atoms with Crippen LogP contribution in [-0.4, -0.2) is 10.9 Å². The minimum atomic E-state index is -0.189. The van der Waals surface area contributed by atoms with Gasteiger partial charge in [-0.05, 0) is 47.0 Å². The Kier molecular flexibility index (Phi) is 3.60. The van der Waals surface area contributed by atoms with Crippen molar-refractivity contribution in [2.45, 2.75) is 18.8 Å². The topological polar surface area (TPSA) is 42.0 Å². The summed E-state index contributed by atoms with van der Waals surface area (Å²) < 4.78 is 0.774. The zero-order valence-corrected chi connectivity index (χ0v) is 13.0. The number of halogens is 2. The third-order valence-electron chi connectivity index (χ3n) is 2.92. The van der Waals surface area contributed by atoms with Gasteiger partial charge < -0.3 is 0 Å². The SMILES string of the molecule is O=C(Nc1nc(C2CC2)cs1)c1ccc(Br)c(Cl)c1. The van der Waals surface area contributed by atoms with Crippen LogP contribution in [0.2, 0.25) is 5.02 Å². The van der Waals surface area contributed by atoms with Crippen LogP contribution in [0.15, 0.2) is 28.1 Å². The predicted octanol–water partition coefficient (Wildman–Crippen LogP) is 4.69. The summed E-state index contributed by atoms with van der Waals surface area (Å²) in [6, 6.07) is 5.12. The Morgan fingerprint density at radius 3 is 2.95 bits per heavy atom. The Bertz CT molecular complexity index is 639. The number of anilines is 1. The summed E-state index contributed by atoms with van der Waals surface area (Å²) in [4.78, 5) is 16.5. The van der Waals surface area contributed by atoms with Gasteiger partial charge >= 0.3 is 0 Å². The van der Waals surface area contributed by atoms with E-state index in [-0.39, 0.29) is 5.91 Å². The molecule has 2 aromatic rings. The molecule has 1 aliphatic rings. The van der Waals surface area contributed by atoms with Crippen molar-refractivity contribution in [1.82, 2.24) is 4.98 Å². The molecule has 19 heavy (non-hydrogen) atoms. The minimum absolute atomic E-state index is 0.189. The molecule has 6 heteroatoms. The van der Waals surface area contributed by atoms with Crippen LogP contribution in [0.25, 0.3) is 0 Å². The maximum Gasteiger partial charge on any atom is 0.257 e. The zero-order chi connectivity index (χ0) is 13.4. The monoisotopic (exact) mass is 356 g/mol. The molecule has 1 saturated carbocycles. The summed E-state index contributed by atoms with van der Waals surface area (Å²) in [6.07, 6.45) is 2.42. The number of hydrogen-bond acceptors (Lipinski definition) is 3. The van der Waals surface area contributed by atoms with Crippen molar-refractivity contribution in [3.05, 3.63) is 44.3 Å². The second-order valence-electron chi connectivity index (χ2n) is 4.43. The van der Waals surface area contributed by atoms with E-state index in [0.29, 0.717) is 21.6 Å². The van der Waals surface area contributed by atoms with E-state index < -0.39 is 0 Å². The maximum atomic E-state index is 12.1. The molecule has 1 aromatic heterocycles. The molecule has 0 atom stereocenters. The molecule has 1 N–H and O–H groups in total. The van der Waals surface area contributed by atoms with Crippen LogP contribution < -0.4 is 5.32 Å². The Hall–Kier alpha value is -0.910. The summed E-state index contributed by atoms with van der Waals surface area (Å²) in [7, 11) is 0. The number of aromatic nitrogens is 1. The number of amides is 1. The van der Waals surface area contributed by atoms with Crippen molar-refractivity contribution >= 4 is 49.9 Å². The molecular formula is C13H10BrClN2OS. The number of carbonyl (C=O) groups excluding carboxylic acids is 1. The summed E-state index contributed by atoms with van der Waals surface area (Å²) >= 11 is 10.7. The Morgan fingerprint density at radius 1 is 1.47 bits per heavy atom. The number of nitrogens with zero attached hydrogens (tertiary/aromatic N) is 1. The third-order valence-corrected chi connectivity index (χ3v) is 4.93. The number of carbonyl (C=O) groups is 1. The molecule has 0 spiro atoms. The first kappa shape index (κ1) is 13.1. The Balaban J connectivity index is 1.74. The van der Waals surface area contributed by atoms with Gasteiger partial charge in [-0.2, -0.15) is 0 Å². The lowest BCUT2D eigenvalue weighted by molar-refractivity contribution is 0.102. The average molecular weight is 358 g/mol. The molecule has 98 valence electrons. The normalized spacial score (nSPS) is 14.4. The van der Waals surface area contributed by atoms with Crippen molar-refractivity contribution in [3.8, 4) is 0 Å². The van der Waals surface area contributed by atoms with Gasteiger partial charge in [0.1, 0.15) is 0 Å². The van der Waals surface area contributed by atoms with Crippen LogP contribution in [0, 0.1) is 0 Å². The summed E-state index contributed by atoms with van der Waals surface area (Å²) in [5.74, 6) is 0.412. The van der Waals surface area contributed by atoms with Crippen LogP contribution in [0.1, 0.15) is 34.8 Å². The molecule has 0 unspecified atom stereocenters. The molecule has 0 aliphatic heterocycles. The fraction of sp³-hybridized carbons (Fsp3) is 0.231. The van der Waals surface area contributed by atoms with Gasteiger partial charge in [0, 0.05) is 21.3 Å². The summed E-state index contributed by atoms with van der Waals surface area (Å²) in [6.45, 7) is 0. The van der Waals surface area contributed by atoms with Crippen LogP contribution in [0.4, 0.5) is 5.13 Å². The number of thiazole rings is 1. The molecule has 1 heterocycles.